The Labute approximate surface area is 202 Å². The van der Waals surface area contributed by atoms with Gasteiger partial charge in [0.25, 0.3) is 0 Å². The summed E-state index contributed by atoms with van der Waals surface area (Å²) in [5.74, 6) is 1.89. The van der Waals surface area contributed by atoms with Crippen LogP contribution in [-0.4, -0.2) is 35.3 Å². The fourth-order valence-electron chi connectivity index (χ4n) is 9.76. The van der Waals surface area contributed by atoms with Gasteiger partial charge in [0, 0.05) is 12.0 Å². The molecule has 0 bridgehead atoms. The van der Waals surface area contributed by atoms with Crippen molar-refractivity contribution in [3.8, 4) is 0 Å². The minimum atomic E-state index is -0.893. The lowest BCUT2D eigenvalue weighted by atomic mass is 9.44. The highest BCUT2D eigenvalue weighted by Crippen LogP contribution is 2.72. The number of hydrogen-bond acceptors (Lipinski definition) is 5. The van der Waals surface area contributed by atoms with Gasteiger partial charge in [-0.1, -0.05) is 26.3 Å². The summed E-state index contributed by atoms with van der Waals surface area (Å²) in [4.78, 5) is 38.8. The molecule has 5 heteroatoms. The van der Waals surface area contributed by atoms with Gasteiger partial charge in [-0.15, -0.1) is 0 Å². The maximum atomic E-state index is 13.3. The standard InChI is InChI=1S/C29H38O5/c1-6-17-15(2)13-22(33-26(17)32)16(3)19-7-8-20-18-14-25-29(34-25)24(31)10-9-23(30)28(29,5)21(18)11-12-27(19,20)4/h9-10,16,18-22,25H,6-8,11-14H2,1-5H3. The molecule has 0 aromatic rings. The van der Waals surface area contributed by atoms with E-state index in [-0.39, 0.29) is 41.1 Å². The summed E-state index contributed by atoms with van der Waals surface area (Å²) in [6.45, 7) is 10.9. The number of fused-ring (bicyclic) bond motifs is 4. The Balaban J connectivity index is 1.28. The lowest BCUT2D eigenvalue weighted by Gasteiger charge is -2.57. The van der Waals surface area contributed by atoms with Crippen molar-refractivity contribution in [3.05, 3.63) is 23.3 Å². The highest BCUT2D eigenvalue weighted by molar-refractivity contribution is 6.15. The number of ether oxygens (including phenoxy) is 2. The van der Waals surface area contributed by atoms with E-state index in [9.17, 15) is 14.4 Å². The maximum Gasteiger partial charge on any atom is 0.334 e. The Morgan fingerprint density at radius 3 is 2.50 bits per heavy atom. The van der Waals surface area contributed by atoms with Gasteiger partial charge < -0.3 is 9.47 Å². The topological polar surface area (TPSA) is 73.0 Å². The summed E-state index contributed by atoms with van der Waals surface area (Å²) < 4.78 is 12.2. The zero-order chi connectivity index (χ0) is 24.2. The molecule has 0 N–H and O–H groups in total. The summed E-state index contributed by atoms with van der Waals surface area (Å²) in [5.41, 5.74) is 0.585. The highest BCUT2D eigenvalue weighted by Gasteiger charge is 2.80. The van der Waals surface area contributed by atoms with Gasteiger partial charge in [-0.3, -0.25) is 9.59 Å². The zero-order valence-corrected chi connectivity index (χ0v) is 21.2. The number of hydrogen-bond donors (Lipinski definition) is 0. The van der Waals surface area contributed by atoms with Crippen LogP contribution in [-0.2, 0) is 23.9 Å². The third kappa shape index (κ3) is 2.58. The first kappa shape index (κ1) is 22.7. The average Bonchev–Trinajstić information content (AvgIpc) is 3.43. The molecule has 0 aromatic heterocycles. The largest absolute Gasteiger partial charge is 0.458 e. The highest BCUT2D eigenvalue weighted by atomic mass is 16.6. The minimum Gasteiger partial charge on any atom is -0.458 e. The van der Waals surface area contributed by atoms with Crippen LogP contribution in [0.5, 0.6) is 0 Å². The van der Waals surface area contributed by atoms with Crippen molar-refractivity contribution in [2.45, 2.75) is 97.4 Å². The molecule has 0 amide bonds. The predicted molar refractivity (Wildman–Crippen MR) is 127 cm³/mol. The zero-order valence-electron chi connectivity index (χ0n) is 21.2. The number of carbonyl (C=O) groups excluding carboxylic acids is 3. The van der Waals surface area contributed by atoms with E-state index < -0.39 is 11.0 Å². The molecule has 184 valence electrons. The van der Waals surface area contributed by atoms with Crippen LogP contribution in [0.15, 0.2) is 23.3 Å². The molecule has 3 saturated carbocycles. The van der Waals surface area contributed by atoms with Crippen molar-refractivity contribution in [3.63, 3.8) is 0 Å². The number of esters is 1. The molecular weight excluding hydrogens is 428 g/mol. The van der Waals surface area contributed by atoms with Crippen LogP contribution >= 0.6 is 0 Å². The lowest BCUT2D eigenvalue weighted by molar-refractivity contribution is -0.155. The summed E-state index contributed by atoms with van der Waals surface area (Å²) in [6, 6.07) is 0. The van der Waals surface area contributed by atoms with Crippen LogP contribution in [0.25, 0.3) is 0 Å². The Morgan fingerprint density at radius 2 is 1.79 bits per heavy atom. The first-order chi connectivity index (χ1) is 16.1. The molecule has 0 aromatic carbocycles. The molecule has 6 rings (SSSR count). The number of ketones is 2. The number of rotatable bonds is 3. The Morgan fingerprint density at radius 1 is 1.06 bits per heavy atom. The van der Waals surface area contributed by atoms with Gasteiger partial charge in [-0.25, -0.2) is 4.79 Å². The molecule has 0 radical (unpaired) electrons. The van der Waals surface area contributed by atoms with E-state index in [0.717, 1.165) is 50.5 Å². The number of allylic oxidation sites excluding steroid dienone is 1. The second-order valence-electron chi connectivity index (χ2n) is 12.6. The fourth-order valence-corrected chi connectivity index (χ4v) is 9.76. The maximum absolute atomic E-state index is 13.3. The van der Waals surface area contributed by atoms with E-state index >= 15 is 0 Å². The van der Waals surface area contributed by atoms with Gasteiger partial charge in [0.05, 0.1) is 11.5 Å². The smallest absolute Gasteiger partial charge is 0.334 e. The van der Waals surface area contributed by atoms with Gasteiger partial charge in [0.1, 0.15) is 6.10 Å². The average molecular weight is 467 g/mol. The van der Waals surface area contributed by atoms with Crippen LogP contribution in [0.1, 0.15) is 79.6 Å². The van der Waals surface area contributed by atoms with Crippen molar-refractivity contribution < 1.29 is 23.9 Å². The van der Waals surface area contributed by atoms with Gasteiger partial charge in [-0.2, -0.15) is 0 Å². The molecule has 10 atom stereocenters. The van der Waals surface area contributed by atoms with Crippen molar-refractivity contribution in [2.24, 2.45) is 40.4 Å². The van der Waals surface area contributed by atoms with Crippen molar-refractivity contribution in [2.75, 3.05) is 0 Å². The predicted octanol–water partition coefficient (Wildman–Crippen LogP) is 4.98. The van der Waals surface area contributed by atoms with E-state index in [2.05, 4.69) is 20.8 Å². The number of carbonyl (C=O) groups is 3. The first-order valence-electron chi connectivity index (χ1n) is 13.4. The molecule has 2 aliphatic heterocycles. The van der Waals surface area contributed by atoms with Crippen LogP contribution in [0.4, 0.5) is 0 Å². The SMILES string of the molecule is CCC1=C(C)CC(C(C)C2CCC3C4CC5OC56C(=O)C=CC(=O)C6(C)C4CCC23C)OC1=O. The summed E-state index contributed by atoms with van der Waals surface area (Å²) in [7, 11) is 0. The van der Waals surface area contributed by atoms with Crippen LogP contribution in [0.3, 0.4) is 0 Å². The van der Waals surface area contributed by atoms with Crippen LogP contribution < -0.4 is 0 Å². The molecule has 1 spiro atoms. The monoisotopic (exact) mass is 466 g/mol. The van der Waals surface area contributed by atoms with E-state index in [1.54, 1.807) is 0 Å². The Kier molecular flexibility index (Phi) is 4.77. The fraction of sp³-hybridized carbons (Fsp3) is 0.759. The normalized spacial score (nSPS) is 50.2. The second-order valence-corrected chi connectivity index (χ2v) is 12.6. The molecule has 34 heavy (non-hydrogen) atoms. The van der Waals surface area contributed by atoms with Gasteiger partial charge in [0.15, 0.2) is 17.2 Å². The molecule has 4 fully saturated rings. The lowest BCUT2D eigenvalue weighted by Crippen LogP contribution is -2.62. The van der Waals surface area contributed by atoms with E-state index in [4.69, 9.17) is 9.47 Å². The van der Waals surface area contributed by atoms with E-state index in [0.29, 0.717) is 23.7 Å². The molecule has 10 unspecified atom stereocenters. The van der Waals surface area contributed by atoms with Gasteiger partial charge in [0.2, 0.25) is 0 Å². The molecule has 5 nitrogen and oxygen atoms in total. The molecule has 6 aliphatic rings. The van der Waals surface area contributed by atoms with Gasteiger partial charge in [-0.05, 0) is 99.5 Å². The minimum absolute atomic E-state index is 0.00158. The van der Waals surface area contributed by atoms with Gasteiger partial charge >= 0.3 is 5.97 Å². The van der Waals surface area contributed by atoms with E-state index in [1.165, 1.54) is 17.7 Å². The first-order valence-corrected chi connectivity index (χ1v) is 13.4. The number of cyclic esters (lactones) is 1. The second kappa shape index (κ2) is 7.15. The Bertz CT molecular complexity index is 1040. The summed E-state index contributed by atoms with van der Waals surface area (Å²) >= 11 is 0. The summed E-state index contributed by atoms with van der Waals surface area (Å²) in [6.07, 6.45) is 9.60. The third-order valence-corrected chi connectivity index (χ3v) is 11.6. The van der Waals surface area contributed by atoms with Crippen molar-refractivity contribution in [1.29, 1.82) is 0 Å². The molecule has 4 aliphatic carbocycles. The van der Waals surface area contributed by atoms with Crippen molar-refractivity contribution >= 4 is 17.5 Å². The Hall–Kier alpha value is -1.75. The molecule has 1 saturated heterocycles. The molecular formula is C29H38O5. The molecule has 2 heterocycles. The van der Waals surface area contributed by atoms with Crippen molar-refractivity contribution in [1.82, 2.24) is 0 Å². The summed E-state index contributed by atoms with van der Waals surface area (Å²) in [5, 5.41) is 0. The van der Waals surface area contributed by atoms with E-state index in [1.807, 2.05) is 13.8 Å². The number of epoxide rings is 1. The quantitative estimate of drug-likeness (QED) is 0.433. The van der Waals surface area contributed by atoms with Crippen LogP contribution in [0.2, 0.25) is 0 Å². The third-order valence-electron chi connectivity index (χ3n) is 11.6. The van der Waals surface area contributed by atoms with Crippen LogP contribution in [0, 0.1) is 40.4 Å².